The second-order valence-electron chi connectivity index (χ2n) is 5.39. The Balaban J connectivity index is 1.55. The molecule has 22 heavy (non-hydrogen) atoms. The summed E-state index contributed by atoms with van der Waals surface area (Å²) >= 11 is 6.14. The molecule has 0 spiro atoms. The van der Waals surface area contributed by atoms with Crippen LogP contribution in [-0.4, -0.2) is 52.7 Å². The van der Waals surface area contributed by atoms with Gasteiger partial charge in [0.15, 0.2) is 0 Å². The van der Waals surface area contributed by atoms with E-state index in [-0.39, 0.29) is 0 Å². The summed E-state index contributed by atoms with van der Waals surface area (Å²) in [6.07, 6.45) is 4.62. The predicted octanol–water partition coefficient (Wildman–Crippen LogP) is 1.99. The monoisotopic (exact) mass is 318 g/mol. The number of anilines is 1. The van der Waals surface area contributed by atoms with Crippen LogP contribution in [0.3, 0.4) is 0 Å². The number of aromatic nitrogens is 2. The van der Waals surface area contributed by atoms with Gasteiger partial charge in [0, 0.05) is 55.7 Å². The summed E-state index contributed by atoms with van der Waals surface area (Å²) in [5.74, 6) is 0.911. The Hall–Kier alpha value is -1.69. The lowest BCUT2D eigenvalue weighted by Gasteiger charge is -2.36. The van der Waals surface area contributed by atoms with Crippen molar-refractivity contribution >= 4 is 17.4 Å². The third kappa shape index (κ3) is 3.55. The molecule has 1 aliphatic heterocycles. The fourth-order valence-corrected chi connectivity index (χ4v) is 2.96. The van der Waals surface area contributed by atoms with Gasteiger partial charge in [0.05, 0.1) is 12.3 Å². The summed E-state index contributed by atoms with van der Waals surface area (Å²) in [6, 6.07) is 7.46. The lowest BCUT2D eigenvalue weighted by Crippen LogP contribution is -2.47. The summed E-state index contributed by atoms with van der Waals surface area (Å²) in [4.78, 5) is 12.9. The van der Waals surface area contributed by atoms with Crippen LogP contribution in [0.1, 0.15) is 11.7 Å². The van der Waals surface area contributed by atoms with Crippen molar-refractivity contribution in [2.24, 2.45) is 0 Å². The normalized spacial score (nSPS) is 17.5. The minimum absolute atomic E-state index is 0.559. The van der Waals surface area contributed by atoms with Crippen LogP contribution in [0.2, 0.25) is 5.02 Å². The van der Waals surface area contributed by atoms with Gasteiger partial charge in [0.25, 0.3) is 0 Å². The van der Waals surface area contributed by atoms with Crippen molar-refractivity contribution in [1.29, 1.82) is 0 Å². The van der Waals surface area contributed by atoms with E-state index in [1.165, 1.54) is 0 Å². The third-order valence-corrected chi connectivity index (χ3v) is 4.29. The summed E-state index contributed by atoms with van der Waals surface area (Å²) in [7, 11) is 0. The van der Waals surface area contributed by atoms with Crippen molar-refractivity contribution in [2.75, 3.05) is 37.6 Å². The standard InChI is InChI=1S/C16H19ClN4O/c17-14-4-2-1-3-13(14)15(22)12-20-7-9-21(10-8-20)16-11-18-5-6-19-16/h1-6,11,15,22H,7-10,12H2. The van der Waals surface area contributed by atoms with Crippen LogP contribution in [0.5, 0.6) is 0 Å². The molecule has 2 heterocycles. The van der Waals surface area contributed by atoms with Gasteiger partial charge in [0.2, 0.25) is 0 Å². The molecule has 0 bridgehead atoms. The van der Waals surface area contributed by atoms with E-state index in [2.05, 4.69) is 19.8 Å². The summed E-state index contributed by atoms with van der Waals surface area (Å²) in [5, 5.41) is 11.0. The molecule has 0 amide bonds. The molecule has 3 rings (SSSR count). The molecule has 1 aliphatic rings. The summed E-state index contributed by atoms with van der Waals surface area (Å²) in [6.45, 7) is 4.14. The molecular formula is C16H19ClN4O. The molecule has 1 N–H and O–H groups in total. The lowest BCUT2D eigenvalue weighted by molar-refractivity contribution is 0.109. The Kier molecular flexibility index (Phi) is 4.87. The second-order valence-corrected chi connectivity index (χ2v) is 5.80. The number of rotatable bonds is 4. The van der Waals surface area contributed by atoms with Gasteiger partial charge in [0.1, 0.15) is 5.82 Å². The number of benzene rings is 1. The van der Waals surface area contributed by atoms with Crippen LogP contribution < -0.4 is 4.90 Å². The van der Waals surface area contributed by atoms with Crippen molar-refractivity contribution in [2.45, 2.75) is 6.10 Å². The Bertz CT molecular complexity index is 602. The van der Waals surface area contributed by atoms with Crippen LogP contribution in [0.25, 0.3) is 0 Å². The lowest BCUT2D eigenvalue weighted by atomic mass is 10.1. The molecule has 5 nitrogen and oxygen atoms in total. The SMILES string of the molecule is OC(CN1CCN(c2cnccn2)CC1)c1ccccc1Cl. The average molecular weight is 319 g/mol. The van der Waals surface area contributed by atoms with Gasteiger partial charge in [-0.1, -0.05) is 29.8 Å². The van der Waals surface area contributed by atoms with Crippen LogP contribution in [0.15, 0.2) is 42.9 Å². The van der Waals surface area contributed by atoms with Crippen molar-refractivity contribution in [1.82, 2.24) is 14.9 Å². The van der Waals surface area contributed by atoms with E-state index in [9.17, 15) is 5.11 Å². The summed E-state index contributed by atoms with van der Waals surface area (Å²) < 4.78 is 0. The number of aliphatic hydroxyl groups excluding tert-OH is 1. The van der Waals surface area contributed by atoms with Crippen LogP contribution in [-0.2, 0) is 0 Å². The molecular weight excluding hydrogens is 300 g/mol. The topological polar surface area (TPSA) is 52.5 Å². The van der Waals surface area contributed by atoms with Gasteiger partial charge in [-0.3, -0.25) is 9.88 Å². The maximum atomic E-state index is 10.4. The first-order chi connectivity index (χ1) is 10.7. The van der Waals surface area contributed by atoms with Crippen LogP contribution in [0, 0.1) is 0 Å². The van der Waals surface area contributed by atoms with Gasteiger partial charge in [-0.25, -0.2) is 4.98 Å². The number of hydrogen-bond donors (Lipinski definition) is 1. The van der Waals surface area contributed by atoms with E-state index in [4.69, 9.17) is 11.6 Å². The van der Waals surface area contributed by atoms with E-state index in [1.54, 1.807) is 18.6 Å². The van der Waals surface area contributed by atoms with E-state index >= 15 is 0 Å². The minimum atomic E-state index is -0.559. The highest BCUT2D eigenvalue weighted by Crippen LogP contribution is 2.23. The summed E-state index contributed by atoms with van der Waals surface area (Å²) in [5.41, 5.74) is 0.792. The van der Waals surface area contributed by atoms with Gasteiger partial charge in [-0.2, -0.15) is 0 Å². The van der Waals surface area contributed by atoms with Gasteiger partial charge in [-0.15, -0.1) is 0 Å². The number of β-amino-alcohol motifs (C(OH)–C–C–N with tert-alkyl or cyclic N) is 1. The molecule has 1 aromatic heterocycles. The van der Waals surface area contributed by atoms with Crippen molar-refractivity contribution in [3.8, 4) is 0 Å². The minimum Gasteiger partial charge on any atom is -0.387 e. The van der Waals surface area contributed by atoms with E-state index < -0.39 is 6.10 Å². The number of halogens is 1. The number of aliphatic hydroxyl groups is 1. The molecule has 1 saturated heterocycles. The van der Waals surface area contributed by atoms with E-state index in [0.717, 1.165) is 37.6 Å². The Morgan fingerprint density at radius 2 is 1.91 bits per heavy atom. The van der Waals surface area contributed by atoms with Crippen molar-refractivity contribution in [3.05, 3.63) is 53.4 Å². The largest absolute Gasteiger partial charge is 0.387 e. The van der Waals surface area contributed by atoms with Gasteiger partial charge >= 0.3 is 0 Å². The first kappa shape index (κ1) is 15.2. The molecule has 1 unspecified atom stereocenters. The molecule has 0 radical (unpaired) electrons. The second kappa shape index (κ2) is 7.05. The van der Waals surface area contributed by atoms with Crippen LogP contribution >= 0.6 is 11.6 Å². The zero-order valence-corrected chi connectivity index (χ0v) is 13.0. The molecule has 0 saturated carbocycles. The predicted molar refractivity (Wildman–Crippen MR) is 87.1 cm³/mol. The Morgan fingerprint density at radius 3 is 2.59 bits per heavy atom. The molecule has 116 valence electrons. The van der Waals surface area contributed by atoms with Gasteiger partial charge < -0.3 is 10.0 Å². The van der Waals surface area contributed by atoms with E-state index in [0.29, 0.717) is 11.6 Å². The maximum Gasteiger partial charge on any atom is 0.147 e. The first-order valence-electron chi connectivity index (χ1n) is 7.40. The van der Waals surface area contributed by atoms with E-state index in [1.807, 2.05) is 24.3 Å². The average Bonchev–Trinajstić information content (AvgIpc) is 2.57. The highest BCUT2D eigenvalue weighted by Gasteiger charge is 2.21. The van der Waals surface area contributed by atoms with Crippen molar-refractivity contribution < 1.29 is 5.11 Å². The molecule has 0 aliphatic carbocycles. The zero-order chi connectivity index (χ0) is 15.4. The maximum absolute atomic E-state index is 10.4. The Labute approximate surface area is 135 Å². The molecule has 6 heteroatoms. The van der Waals surface area contributed by atoms with Gasteiger partial charge in [-0.05, 0) is 6.07 Å². The number of piperazine rings is 1. The Morgan fingerprint density at radius 1 is 1.14 bits per heavy atom. The zero-order valence-electron chi connectivity index (χ0n) is 12.3. The van der Waals surface area contributed by atoms with Crippen LogP contribution in [0.4, 0.5) is 5.82 Å². The smallest absolute Gasteiger partial charge is 0.147 e. The quantitative estimate of drug-likeness (QED) is 0.934. The molecule has 1 aromatic carbocycles. The fraction of sp³-hybridized carbons (Fsp3) is 0.375. The number of nitrogens with zero attached hydrogens (tertiary/aromatic N) is 4. The highest BCUT2D eigenvalue weighted by atomic mass is 35.5. The molecule has 1 atom stereocenters. The van der Waals surface area contributed by atoms with Crippen molar-refractivity contribution in [3.63, 3.8) is 0 Å². The molecule has 1 fully saturated rings. The molecule has 2 aromatic rings. The highest BCUT2D eigenvalue weighted by molar-refractivity contribution is 6.31. The first-order valence-corrected chi connectivity index (χ1v) is 7.77. The third-order valence-electron chi connectivity index (χ3n) is 3.94. The number of hydrogen-bond acceptors (Lipinski definition) is 5. The fourth-order valence-electron chi connectivity index (χ4n) is 2.70.